The summed E-state index contributed by atoms with van der Waals surface area (Å²) in [5.74, 6) is -0.350. The smallest absolute Gasteiger partial charge is 0.335 e. The molecule has 2 N–H and O–H groups in total. The topological polar surface area (TPSA) is 49.3 Å². The van der Waals surface area contributed by atoms with Crippen LogP contribution in [0.1, 0.15) is 138 Å². The van der Waals surface area contributed by atoms with Crippen molar-refractivity contribution >= 4 is 11.7 Å². The fourth-order valence-corrected chi connectivity index (χ4v) is 4.73. The zero-order valence-electron chi connectivity index (χ0n) is 19.4. The van der Waals surface area contributed by atoms with Crippen LogP contribution in [0.3, 0.4) is 0 Å². The lowest BCUT2D eigenvalue weighted by Crippen LogP contribution is -2.02. The van der Waals surface area contributed by atoms with Gasteiger partial charge in [0.1, 0.15) is 0 Å². The van der Waals surface area contributed by atoms with Crippen molar-refractivity contribution < 1.29 is 9.90 Å². The first-order valence-corrected chi connectivity index (χ1v) is 12.8. The Bertz CT molecular complexity index is 599. The zero-order chi connectivity index (χ0) is 21.4. The van der Waals surface area contributed by atoms with E-state index in [0.29, 0.717) is 11.5 Å². The summed E-state index contributed by atoms with van der Waals surface area (Å²) in [5.41, 5.74) is 2.74. The van der Waals surface area contributed by atoms with Gasteiger partial charge in [-0.3, -0.25) is 0 Å². The highest BCUT2D eigenvalue weighted by atomic mass is 16.4. The van der Waals surface area contributed by atoms with E-state index >= 15 is 0 Å². The predicted octanol–water partition coefficient (Wildman–Crippen LogP) is 8.55. The maximum Gasteiger partial charge on any atom is 0.335 e. The molecule has 0 saturated carbocycles. The highest BCUT2D eigenvalue weighted by Gasteiger charge is 2.22. The second kappa shape index (κ2) is 15.3. The maximum absolute atomic E-state index is 11.2. The molecule has 0 aromatic heterocycles. The summed E-state index contributed by atoms with van der Waals surface area (Å²) < 4.78 is 0. The predicted molar refractivity (Wildman–Crippen MR) is 129 cm³/mol. The summed E-state index contributed by atoms with van der Waals surface area (Å²) >= 11 is 0. The van der Waals surface area contributed by atoms with Crippen LogP contribution >= 0.6 is 0 Å². The van der Waals surface area contributed by atoms with E-state index in [2.05, 4.69) is 12.2 Å². The van der Waals surface area contributed by atoms with Crippen molar-refractivity contribution in [3.8, 4) is 0 Å². The molecule has 0 radical (unpaired) electrons. The van der Waals surface area contributed by atoms with E-state index in [1.165, 1.54) is 115 Å². The van der Waals surface area contributed by atoms with Crippen LogP contribution in [-0.2, 0) is 0 Å². The van der Waals surface area contributed by atoms with Crippen molar-refractivity contribution in [2.24, 2.45) is 0 Å². The van der Waals surface area contributed by atoms with E-state index in [1.54, 1.807) is 6.07 Å². The van der Waals surface area contributed by atoms with Gasteiger partial charge in [0.05, 0.1) is 5.56 Å². The standard InChI is InChI=1S/C27H45NO2/c1-2-3-4-5-6-7-8-9-10-11-12-13-14-15-16-17-18-24-22-28-26-20-19-23(27(29)30)21-25(24)26/h19-21,24,28H,2-18,22H2,1H3,(H,29,30)/t24-/m1/s1. The molecule has 1 aromatic carbocycles. The molecule has 1 aliphatic heterocycles. The summed E-state index contributed by atoms with van der Waals surface area (Å²) in [6.07, 6.45) is 23.5. The molecule has 1 aromatic rings. The minimum Gasteiger partial charge on any atom is -0.478 e. The molecular formula is C27H45NO2. The highest BCUT2D eigenvalue weighted by Crippen LogP contribution is 2.35. The third-order valence-corrected chi connectivity index (χ3v) is 6.68. The number of anilines is 1. The molecule has 0 bridgehead atoms. The van der Waals surface area contributed by atoms with Crippen molar-refractivity contribution in [1.82, 2.24) is 0 Å². The number of nitrogens with one attached hydrogen (secondary N) is 1. The van der Waals surface area contributed by atoms with Crippen LogP contribution in [0.2, 0.25) is 0 Å². The van der Waals surface area contributed by atoms with E-state index in [4.69, 9.17) is 0 Å². The zero-order valence-corrected chi connectivity index (χ0v) is 19.4. The number of carboxylic acid groups (broad SMARTS) is 1. The molecule has 2 rings (SSSR count). The van der Waals surface area contributed by atoms with Gasteiger partial charge in [-0.25, -0.2) is 4.79 Å². The van der Waals surface area contributed by atoms with Crippen molar-refractivity contribution in [2.75, 3.05) is 11.9 Å². The van der Waals surface area contributed by atoms with Gasteiger partial charge >= 0.3 is 5.97 Å². The Labute approximate surface area is 185 Å². The molecule has 3 heteroatoms. The average molecular weight is 416 g/mol. The van der Waals surface area contributed by atoms with Crippen LogP contribution in [-0.4, -0.2) is 17.6 Å². The number of hydrogen-bond acceptors (Lipinski definition) is 2. The Morgan fingerprint density at radius 2 is 1.33 bits per heavy atom. The lowest BCUT2D eigenvalue weighted by molar-refractivity contribution is 0.0697. The molecule has 0 saturated heterocycles. The van der Waals surface area contributed by atoms with Crippen LogP contribution in [0.4, 0.5) is 5.69 Å². The molecule has 0 unspecified atom stereocenters. The van der Waals surface area contributed by atoms with Gasteiger partial charge in [-0.15, -0.1) is 0 Å². The normalized spacial score (nSPS) is 15.2. The third-order valence-electron chi connectivity index (χ3n) is 6.68. The van der Waals surface area contributed by atoms with Crippen molar-refractivity contribution in [2.45, 2.75) is 122 Å². The Hall–Kier alpha value is -1.51. The van der Waals surface area contributed by atoms with Gasteiger partial charge in [-0.05, 0) is 30.2 Å². The molecule has 1 heterocycles. The number of carbonyl (C=O) groups is 1. The Kier molecular flexibility index (Phi) is 12.6. The van der Waals surface area contributed by atoms with E-state index in [1.807, 2.05) is 12.1 Å². The van der Waals surface area contributed by atoms with Crippen LogP contribution in [0.25, 0.3) is 0 Å². The molecule has 30 heavy (non-hydrogen) atoms. The van der Waals surface area contributed by atoms with Gasteiger partial charge in [-0.1, -0.05) is 110 Å². The first-order chi connectivity index (χ1) is 14.7. The van der Waals surface area contributed by atoms with Crippen LogP contribution < -0.4 is 5.32 Å². The summed E-state index contributed by atoms with van der Waals surface area (Å²) in [7, 11) is 0. The average Bonchev–Trinajstić information content (AvgIpc) is 3.15. The molecule has 3 nitrogen and oxygen atoms in total. The molecule has 1 aliphatic rings. The van der Waals surface area contributed by atoms with Gasteiger partial charge in [-0.2, -0.15) is 0 Å². The molecule has 1 atom stereocenters. The number of rotatable bonds is 18. The van der Waals surface area contributed by atoms with E-state index < -0.39 is 5.97 Å². The minimum atomic E-state index is -0.828. The second-order valence-corrected chi connectivity index (χ2v) is 9.28. The molecule has 0 amide bonds. The van der Waals surface area contributed by atoms with Gasteiger partial charge in [0.2, 0.25) is 0 Å². The molecular weight excluding hydrogens is 370 g/mol. The Morgan fingerprint density at radius 3 is 1.83 bits per heavy atom. The molecule has 0 aliphatic carbocycles. The summed E-state index contributed by atoms with van der Waals surface area (Å²) in [4.78, 5) is 11.2. The molecule has 0 fully saturated rings. The summed E-state index contributed by atoms with van der Waals surface area (Å²) in [6.45, 7) is 3.24. The SMILES string of the molecule is CCCCCCCCCCCCCCCCCC[C@@H]1CNc2ccc(C(=O)O)cc21. The molecule has 170 valence electrons. The highest BCUT2D eigenvalue weighted by molar-refractivity contribution is 5.88. The van der Waals surface area contributed by atoms with E-state index in [9.17, 15) is 9.90 Å². The van der Waals surface area contributed by atoms with E-state index in [-0.39, 0.29) is 0 Å². The van der Waals surface area contributed by atoms with Gasteiger partial charge in [0.15, 0.2) is 0 Å². The largest absolute Gasteiger partial charge is 0.478 e. The second-order valence-electron chi connectivity index (χ2n) is 9.28. The quantitative estimate of drug-likeness (QED) is 0.236. The number of carboxylic acids is 1. The van der Waals surface area contributed by atoms with Gasteiger partial charge in [0, 0.05) is 18.2 Å². The van der Waals surface area contributed by atoms with E-state index in [0.717, 1.165) is 12.2 Å². The van der Waals surface area contributed by atoms with Gasteiger partial charge < -0.3 is 10.4 Å². The number of aromatic carboxylic acids is 1. The maximum atomic E-state index is 11.2. The number of hydrogen-bond donors (Lipinski definition) is 2. The van der Waals surface area contributed by atoms with Crippen molar-refractivity contribution in [1.29, 1.82) is 0 Å². The van der Waals surface area contributed by atoms with Crippen molar-refractivity contribution in [3.05, 3.63) is 29.3 Å². The Morgan fingerprint density at radius 1 is 0.833 bits per heavy atom. The number of fused-ring (bicyclic) bond motifs is 1. The number of unbranched alkanes of at least 4 members (excludes halogenated alkanes) is 15. The molecule has 0 spiro atoms. The third kappa shape index (κ3) is 9.53. The summed E-state index contributed by atoms with van der Waals surface area (Å²) in [6, 6.07) is 5.49. The van der Waals surface area contributed by atoms with Crippen LogP contribution in [0, 0.1) is 0 Å². The lowest BCUT2D eigenvalue weighted by atomic mass is 9.93. The van der Waals surface area contributed by atoms with Crippen LogP contribution in [0.15, 0.2) is 18.2 Å². The fraction of sp³-hybridized carbons (Fsp3) is 0.741. The summed E-state index contributed by atoms with van der Waals surface area (Å²) in [5, 5.41) is 12.6. The monoisotopic (exact) mass is 415 g/mol. The first kappa shape index (κ1) is 24.8. The first-order valence-electron chi connectivity index (χ1n) is 12.8. The van der Waals surface area contributed by atoms with Gasteiger partial charge in [0.25, 0.3) is 0 Å². The van der Waals surface area contributed by atoms with Crippen molar-refractivity contribution in [3.63, 3.8) is 0 Å². The minimum absolute atomic E-state index is 0.412. The van der Waals surface area contributed by atoms with Crippen LogP contribution in [0.5, 0.6) is 0 Å². The Balaban J connectivity index is 1.40. The fourth-order valence-electron chi connectivity index (χ4n) is 4.73. The number of benzene rings is 1. The lowest BCUT2D eigenvalue weighted by Gasteiger charge is -2.10.